The molecule has 2 N–H and O–H groups in total. The summed E-state index contributed by atoms with van der Waals surface area (Å²) in [5, 5.41) is 16.1. The molecule has 3 rings (SSSR count). The third kappa shape index (κ3) is 4.06. The molecule has 0 aliphatic carbocycles. The molecule has 0 bridgehead atoms. The Hall–Kier alpha value is -2.67. The number of carbonyl (C=O) groups excluding carboxylic acids is 1. The molecule has 2 unspecified atom stereocenters. The van der Waals surface area contributed by atoms with E-state index in [1.54, 1.807) is 11.0 Å². The van der Waals surface area contributed by atoms with Crippen molar-refractivity contribution in [2.75, 3.05) is 0 Å². The summed E-state index contributed by atoms with van der Waals surface area (Å²) in [4.78, 5) is 25.9. The predicted octanol–water partition coefficient (Wildman–Crippen LogP) is 1.72. The molecule has 0 radical (unpaired) electrons. The molecule has 1 aromatic carbocycles. The highest BCUT2D eigenvalue weighted by molar-refractivity contribution is 5.84. The maximum atomic E-state index is 12.6. The highest BCUT2D eigenvalue weighted by atomic mass is 16.5. The van der Waals surface area contributed by atoms with Gasteiger partial charge in [0, 0.05) is 12.6 Å². The van der Waals surface area contributed by atoms with Crippen molar-refractivity contribution in [3.63, 3.8) is 0 Å². The third-order valence-electron chi connectivity index (χ3n) is 4.42. The van der Waals surface area contributed by atoms with Crippen molar-refractivity contribution in [1.29, 1.82) is 0 Å². The first-order valence-corrected chi connectivity index (χ1v) is 8.27. The molecule has 7 nitrogen and oxygen atoms in total. The Labute approximate surface area is 145 Å². The monoisotopic (exact) mass is 343 g/mol. The van der Waals surface area contributed by atoms with Crippen molar-refractivity contribution >= 4 is 11.9 Å². The van der Waals surface area contributed by atoms with Gasteiger partial charge >= 0.3 is 5.97 Å². The number of aliphatic carboxylic acids is 1. The number of aromatic nitrogens is 1. The molecule has 132 valence electrons. The zero-order chi connectivity index (χ0) is 17.8. The van der Waals surface area contributed by atoms with E-state index in [1.165, 1.54) is 0 Å². The van der Waals surface area contributed by atoms with Crippen molar-refractivity contribution in [2.24, 2.45) is 0 Å². The number of carboxylic acids is 1. The Balaban J connectivity index is 1.69. The minimum Gasteiger partial charge on any atom is -0.480 e. The van der Waals surface area contributed by atoms with E-state index in [9.17, 15) is 14.7 Å². The van der Waals surface area contributed by atoms with E-state index in [4.69, 9.17) is 4.52 Å². The number of aryl methyl sites for hydroxylation is 1. The van der Waals surface area contributed by atoms with Gasteiger partial charge in [0.2, 0.25) is 5.91 Å². The molecule has 7 heteroatoms. The van der Waals surface area contributed by atoms with Crippen LogP contribution in [-0.2, 0) is 22.7 Å². The number of hydrogen-bond acceptors (Lipinski definition) is 5. The highest BCUT2D eigenvalue weighted by Crippen LogP contribution is 2.27. The van der Waals surface area contributed by atoms with Crippen LogP contribution in [0.3, 0.4) is 0 Å². The molecule has 1 aliphatic rings. The standard InChI is InChI=1S/C18H21N3O4/c1-12-9-14(25-20-12)10-19-17(22)15-7-8-16(18(23)24)21(15)11-13-5-3-2-4-6-13/h2-6,9,15-16H,7-8,10-11H2,1H3,(H,19,22)(H,23,24). The quantitative estimate of drug-likeness (QED) is 0.829. The zero-order valence-corrected chi connectivity index (χ0v) is 14.0. The Morgan fingerprint density at radius 3 is 2.64 bits per heavy atom. The lowest BCUT2D eigenvalue weighted by atomic mass is 10.1. The van der Waals surface area contributed by atoms with Crippen molar-refractivity contribution in [3.05, 3.63) is 53.4 Å². The van der Waals surface area contributed by atoms with Crippen molar-refractivity contribution in [1.82, 2.24) is 15.4 Å². The van der Waals surface area contributed by atoms with Crippen LogP contribution in [0.2, 0.25) is 0 Å². The lowest BCUT2D eigenvalue weighted by molar-refractivity contribution is -0.143. The van der Waals surface area contributed by atoms with E-state index in [2.05, 4.69) is 10.5 Å². The Bertz CT molecular complexity index is 744. The predicted molar refractivity (Wildman–Crippen MR) is 89.5 cm³/mol. The van der Waals surface area contributed by atoms with Crippen LogP contribution < -0.4 is 5.32 Å². The first kappa shape index (κ1) is 17.2. The molecule has 1 saturated heterocycles. The van der Waals surface area contributed by atoms with Crippen LogP contribution in [0.15, 0.2) is 40.9 Å². The number of nitrogens with zero attached hydrogens (tertiary/aromatic N) is 2. The normalized spacial score (nSPS) is 20.5. The lowest BCUT2D eigenvalue weighted by Crippen LogP contribution is -2.47. The van der Waals surface area contributed by atoms with Crippen molar-refractivity contribution < 1.29 is 19.2 Å². The molecule has 0 spiro atoms. The smallest absolute Gasteiger partial charge is 0.320 e. The van der Waals surface area contributed by atoms with Gasteiger partial charge in [0.25, 0.3) is 0 Å². The van der Waals surface area contributed by atoms with Gasteiger partial charge in [0.1, 0.15) is 6.04 Å². The molecule has 1 aliphatic heterocycles. The van der Waals surface area contributed by atoms with Crippen molar-refractivity contribution in [2.45, 2.75) is 44.9 Å². The first-order chi connectivity index (χ1) is 12.0. The van der Waals surface area contributed by atoms with Gasteiger partial charge in [-0.15, -0.1) is 0 Å². The largest absolute Gasteiger partial charge is 0.480 e. The van der Waals surface area contributed by atoms with Gasteiger partial charge in [-0.25, -0.2) is 0 Å². The minimum atomic E-state index is -0.892. The van der Waals surface area contributed by atoms with E-state index >= 15 is 0 Å². The van der Waals surface area contributed by atoms with E-state index in [0.29, 0.717) is 25.1 Å². The molecule has 2 aromatic rings. The number of amides is 1. The van der Waals surface area contributed by atoms with Crippen LogP contribution >= 0.6 is 0 Å². The average Bonchev–Trinajstić information content (AvgIpc) is 3.20. The van der Waals surface area contributed by atoms with Gasteiger partial charge in [-0.2, -0.15) is 0 Å². The van der Waals surface area contributed by atoms with Crippen LogP contribution in [0.25, 0.3) is 0 Å². The summed E-state index contributed by atoms with van der Waals surface area (Å²) in [5.74, 6) is -0.501. The first-order valence-electron chi connectivity index (χ1n) is 8.27. The zero-order valence-electron chi connectivity index (χ0n) is 14.0. The summed E-state index contributed by atoms with van der Waals surface area (Å²) < 4.78 is 5.09. The molecular formula is C18H21N3O4. The van der Waals surface area contributed by atoms with Crippen LogP contribution in [-0.4, -0.2) is 39.1 Å². The molecule has 1 aromatic heterocycles. The maximum Gasteiger partial charge on any atom is 0.320 e. The average molecular weight is 343 g/mol. The molecule has 25 heavy (non-hydrogen) atoms. The summed E-state index contributed by atoms with van der Waals surface area (Å²) in [5.41, 5.74) is 1.74. The summed E-state index contributed by atoms with van der Waals surface area (Å²) >= 11 is 0. The molecule has 2 atom stereocenters. The summed E-state index contributed by atoms with van der Waals surface area (Å²) in [6.45, 7) is 2.48. The fraction of sp³-hybridized carbons (Fsp3) is 0.389. The van der Waals surface area contributed by atoms with Gasteiger partial charge in [-0.05, 0) is 25.3 Å². The number of carboxylic acid groups (broad SMARTS) is 1. The van der Waals surface area contributed by atoms with Crippen LogP contribution in [0, 0.1) is 6.92 Å². The second-order valence-electron chi connectivity index (χ2n) is 6.26. The second-order valence-corrected chi connectivity index (χ2v) is 6.26. The highest BCUT2D eigenvalue weighted by Gasteiger charge is 2.41. The van der Waals surface area contributed by atoms with E-state index in [1.807, 2.05) is 37.3 Å². The van der Waals surface area contributed by atoms with Gasteiger partial charge in [-0.1, -0.05) is 35.5 Å². The van der Waals surface area contributed by atoms with Gasteiger partial charge in [-0.3, -0.25) is 14.5 Å². The van der Waals surface area contributed by atoms with Crippen molar-refractivity contribution in [3.8, 4) is 0 Å². The number of hydrogen-bond donors (Lipinski definition) is 2. The molecule has 2 heterocycles. The number of likely N-dealkylation sites (tertiary alicyclic amines) is 1. The number of benzene rings is 1. The van der Waals surface area contributed by atoms with Gasteiger partial charge in [0.15, 0.2) is 5.76 Å². The Morgan fingerprint density at radius 1 is 1.28 bits per heavy atom. The molecule has 1 amide bonds. The van der Waals surface area contributed by atoms with Crippen LogP contribution in [0.1, 0.15) is 29.9 Å². The lowest BCUT2D eigenvalue weighted by Gasteiger charge is -2.27. The van der Waals surface area contributed by atoms with E-state index in [0.717, 1.165) is 11.3 Å². The topological polar surface area (TPSA) is 95.7 Å². The van der Waals surface area contributed by atoms with Crippen LogP contribution in [0.5, 0.6) is 0 Å². The number of rotatable bonds is 6. The number of nitrogens with one attached hydrogen (secondary N) is 1. The fourth-order valence-electron chi connectivity index (χ4n) is 3.22. The Kier molecular flexibility index (Phi) is 5.14. The summed E-state index contributed by atoms with van der Waals surface area (Å²) in [6.07, 6.45) is 0.979. The number of carbonyl (C=O) groups is 2. The molecule has 0 saturated carbocycles. The fourth-order valence-corrected chi connectivity index (χ4v) is 3.22. The van der Waals surface area contributed by atoms with Crippen LogP contribution in [0.4, 0.5) is 0 Å². The maximum absolute atomic E-state index is 12.6. The van der Waals surface area contributed by atoms with Gasteiger partial charge in [0.05, 0.1) is 18.3 Å². The van der Waals surface area contributed by atoms with E-state index in [-0.39, 0.29) is 12.5 Å². The summed E-state index contributed by atoms with van der Waals surface area (Å²) in [7, 11) is 0. The minimum absolute atomic E-state index is 0.186. The third-order valence-corrected chi connectivity index (χ3v) is 4.42. The Morgan fingerprint density at radius 2 is 2.00 bits per heavy atom. The van der Waals surface area contributed by atoms with Gasteiger partial charge < -0.3 is 14.9 Å². The molecule has 1 fully saturated rings. The molecular weight excluding hydrogens is 322 g/mol. The summed E-state index contributed by atoms with van der Waals surface area (Å²) in [6, 6.07) is 10.2. The SMILES string of the molecule is Cc1cc(CNC(=O)C2CCC(C(=O)O)N2Cc2ccccc2)on1. The van der Waals surface area contributed by atoms with E-state index < -0.39 is 18.1 Å². The second kappa shape index (κ2) is 7.48.